The van der Waals surface area contributed by atoms with E-state index in [1.807, 2.05) is 66.8 Å². The number of hydrogen-bond acceptors (Lipinski definition) is 30. The van der Waals surface area contributed by atoms with Crippen LogP contribution in [0.2, 0.25) is 20.1 Å². The third-order valence-electron chi connectivity index (χ3n) is 21.2. The number of esters is 4. The zero-order valence-electron chi connectivity index (χ0n) is 74.5. The molecule has 3 saturated heterocycles. The zero-order chi connectivity index (χ0) is 95.7. The minimum Gasteiger partial charge on any atom is -0.507 e. The van der Waals surface area contributed by atoms with Crippen molar-refractivity contribution in [1.82, 2.24) is 14.7 Å². The molecule has 11 rings (SSSR count). The number of carbonyl (C=O) groups is 7. The van der Waals surface area contributed by atoms with Gasteiger partial charge in [-0.25, -0.2) is 29.4 Å². The summed E-state index contributed by atoms with van der Waals surface area (Å²) < 4.78 is 26.9. The lowest BCUT2D eigenvalue weighted by Crippen LogP contribution is -2.37. The van der Waals surface area contributed by atoms with E-state index in [4.69, 9.17) is 99.6 Å². The maximum absolute atomic E-state index is 12.9. The molecule has 7 aliphatic rings. The Labute approximate surface area is 787 Å². The molecular weight excluding hydrogens is 1790 g/mol. The van der Waals surface area contributed by atoms with E-state index in [9.17, 15) is 74.4 Å². The number of allylic oxidation sites excluding steroid dienone is 10. The second kappa shape index (κ2) is 58.8. The van der Waals surface area contributed by atoms with Gasteiger partial charge in [-0.15, -0.1) is 0 Å². The number of nitrogens with one attached hydrogen (secondary N) is 1. The normalized spacial score (nSPS) is 21.2. The van der Waals surface area contributed by atoms with Gasteiger partial charge in [-0.05, 0) is 176 Å². The second-order valence-electron chi connectivity index (χ2n) is 31.1. The van der Waals surface area contributed by atoms with Crippen LogP contribution in [0.25, 0.3) is 0 Å². The fourth-order valence-corrected chi connectivity index (χ4v) is 15.3. The molecule has 1 unspecified atom stereocenters. The summed E-state index contributed by atoms with van der Waals surface area (Å²) in [5.74, 6) is -6.51. The number of isocyanates is 1. The van der Waals surface area contributed by atoms with Crippen LogP contribution in [0.1, 0.15) is 225 Å². The number of benzene rings is 4. The van der Waals surface area contributed by atoms with Crippen molar-refractivity contribution in [3.8, 4) is 46.0 Å². The zero-order valence-corrected chi connectivity index (χ0v) is 77.5. The molecule has 4 aromatic carbocycles. The summed E-state index contributed by atoms with van der Waals surface area (Å²) in [6, 6.07) is 4.06. The summed E-state index contributed by atoms with van der Waals surface area (Å²) in [5, 5.41) is 103. The molecule has 3 amide bonds. The molecule has 7 aliphatic heterocycles. The summed E-state index contributed by atoms with van der Waals surface area (Å²) >= 11 is 25.2. The predicted octanol–water partition coefficient (Wildman–Crippen LogP) is 17.1. The van der Waals surface area contributed by atoms with Gasteiger partial charge >= 0.3 is 23.9 Å². The molecular formula is C95H118Cl4N8O25. The van der Waals surface area contributed by atoms with Crippen LogP contribution < -0.4 is 0 Å². The topological polar surface area (TPSA) is 464 Å². The number of phenolic OH excluding ortho intramolecular Hbond substituents is 8. The van der Waals surface area contributed by atoms with Crippen molar-refractivity contribution in [3.63, 3.8) is 0 Å². The fraction of sp³-hybridized carbons (Fsp3) is 0.474. The molecule has 9 N–H and O–H groups in total. The highest BCUT2D eigenvalue weighted by Crippen LogP contribution is 2.42. The van der Waals surface area contributed by atoms with Crippen molar-refractivity contribution < 1.29 is 122 Å². The number of phenols is 8. The summed E-state index contributed by atoms with van der Waals surface area (Å²) in [6.07, 6.45) is 45.9. The van der Waals surface area contributed by atoms with E-state index in [-0.39, 0.29) is 177 Å². The maximum Gasteiger partial charge on any atom is 0.342 e. The van der Waals surface area contributed by atoms with Gasteiger partial charge in [-0.3, -0.25) is 14.4 Å². The fourth-order valence-electron chi connectivity index (χ4n) is 14.5. The molecule has 2 atom stereocenters. The summed E-state index contributed by atoms with van der Waals surface area (Å²) in [6.45, 7) is 8.07. The first kappa shape index (κ1) is 107. The van der Waals surface area contributed by atoms with Gasteiger partial charge in [0.25, 0.3) is 17.7 Å². The van der Waals surface area contributed by atoms with Gasteiger partial charge < -0.3 is 98.6 Å². The van der Waals surface area contributed by atoms with Crippen molar-refractivity contribution in [2.75, 3.05) is 92.6 Å². The van der Waals surface area contributed by atoms with Crippen LogP contribution in [-0.4, -0.2) is 231 Å². The van der Waals surface area contributed by atoms with Crippen LogP contribution in [0.15, 0.2) is 130 Å². The van der Waals surface area contributed by atoms with Crippen LogP contribution in [0, 0.1) is 5.41 Å². The van der Waals surface area contributed by atoms with E-state index in [1.165, 1.54) is 0 Å². The summed E-state index contributed by atoms with van der Waals surface area (Å²) in [7, 11) is 1.60. The molecule has 0 bridgehead atoms. The molecule has 716 valence electrons. The van der Waals surface area contributed by atoms with Crippen LogP contribution in [0.3, 0.4) is 0 Å². The SMILES string of the molecule is CCO/N=C1/C=C/CC/C=C/CCOC(=O)c2c(O)cc(O)c(Cl)c2C1.COC1CC/C=C/CCOC(=O)c2c(O)cc(O)c(Cl)c2C/C(=N/OCC(=O)N2CCCCC2)C1.C[C@@H]1C/C=C/CC/C=C/C(=N/OCC(=O)N2CCCCC2)Cc2c(Cl)c(O)cc(O)c2C(=O)O1.N=C=O.O=C1OCC/C=C/CC/C=C/C(=NOCC(=O)N2CCCCCC2)Cc2c(Cl)c(O)cc(O)c21. The van der Waals surface area contributed by atoms with Crippen LogP contribution in [0.4, 0.5) is 0 Å². The molecule has 0 spiro atoms. The molecule has 132 heavy (non-hydrogen) atoms. The quantitative estimate of drug-likeness (QED) is 0.0159. The molecule has 0 saturated carbocycles. The van der Waals surface area contributed by atoms with Crippen molar-refractivity contribution in [2.45, 2.75) is 199 Å². The van der Waals surface area contributed by atoms with E-state index >= 15 is 0 Å². The highest BCUT2D eigenvalue weighted by Gasteiger charge is 2.32. The van der Waals surface area contributed by atoms with Gasteiger partial charge in [0.2, 0.25) is 6.08 Å². The molecule has 7 heterocycles. The number of halogens is 4. The number of likely N-dealkylation sites (tertiary alicyclic amines) is 3. The van der Waals surface area contributed by atoms with E-state index in [2.05, 4.69) is 20.6 Å². The number of oxime groups is 4. The maximum atomic E-state index is 12.9. The first-order chi connectivity index (χ1) is 63.7. The minimum atomic E-state index is -0.756. The lowest BCUT2D eigenvalue weighted by Gasteiger charge is -2.26. The number of cyclic esters (lactones) is 4. The minimum absolute atomic E-state index is 0.0150. The third kappa shape index (κ3) is 35.7. The van der Waals surface area contributed by atoms with E-state index in [0.717, 1.165) is 153 Å². The molecule has 37 heteroatoms. The average Bonchev–Trinajstić information content (AvgIpc) is 0.852. The largest absolute Gasteiger partial charge is 0.507 e. The van der Waals surface area contributed by atoms with Crippen LogP contribution in [-0.2, 0) is 87.9 Å². The number of carbonyl (C=O) groups excluding carboxylic acids is 8. The van der Waals surface area contributed by atoms with Crippen molar-refractivity contribution in [1.29, 1.82) is 5.41 Å². The Morgan fingerprint density at radius 2 is 0.712 bits per heavy atom. The van der Waals surface area contributed by atoms with Crippen molar-refractivity contribution >= 4 is 117 Å². The van der Waals surface area contributed by atoms with E-state index in [0.29, 0.717) is 94.2 Å². The van der Waals surface area contributed by atoms with Gasteiger partial charge in [0.1, 0.15) is 81.0 Å². The Morgan fingerprint density at radius 3 is 1.06 bits per heavy atom. The number of fused-ring (bicyclic) bond motifs is 4. The number of ether oxygens (including phenoxy) is 5. The number of piperidine rings is 2. The number of amides is 3. The van der Waals surface area contributed by atoms with E-state index < -0.39 is 53.0 Å². The lowest BCUT2D eigenvalue weighted by atomic mass is 9.96. The first-order valence-corrected chi connectivity index (χ1v) is 45.6. The lowest BCUT2D eigenvalue weighted by molar-refractivity contribution is -0.137. The van der Waals surface area contributed by atoms with Gasteiger partial charge in [0.15, 0.2) is 19.8 Å². The number of nitrogens with zero attached hydrogens (tertiary/aromatic N) is 7. The summed E-state index contributed by atoms with van der Waals surface area (Å²) in [4.78, 5) is 123. The van der Waals surface area contributed by atoms with E-state index in [1.54, 1.807) is 53.9 Å². The number of aromatic hydroxyl groups is 8. The first-order valence-electron chi connectivity index (χ1n) is 44.1. The smallest absolute Gasteiger partial charge is 0.342 e. The van der Waals surface area contributed by atoms with Crippen molar-refractivity contribution in [2.24, 2.45) is 20.6 Å². The van der Waals surface area contributed by atoms with Gasteiger partial charge in [0, 0.05) is 109 Å². The summed E-state index contributed by atoms with van der Waals surface area (Å²) in [5.41, 5.74) is 1.97. The molecule has 0 aromatic heterocycles. The van der Waals surface area contributed by atoms with Crippen LogP contribution >= 0.6 is 46.4 Å². The monoisotopic (exact) mass is 1910 g/mol. The standard InChI is InChI=1S/C25H33ClN2O7.2C25H31ClN2O6.C19H22ClNO5.CHNO/c1-33-18-9-5-2-3-8-12-34-25(32)23-19(24(26)21(30)15-20(23)29)14-17(13-18)27-35-16-22(31)28-10-6-4-7-11-28;1-17-10-6-3-2-4-7-11-18(27-33-16-22(31)28-12-8-5-9-13-28)14-19-23(25(32)34-17)20(29)15-21(30)24(19)26;26-24-19-15-18(27-34-17-22(31)28-12-8-4-5-9-13-28)11-7-3-1-2-6-10-14-33-25(32)23(19)20(29)16-21(24)30;1-2-26-21-13-9-7-5-3-4-6-8-10-25-19(24)17-14(11-13)18(20)16(23)12-15(17)22;2-1-3/h2-3,15,18,29-30H,4-14,16H2,1H3;3,6-7,11,15,17,29-30H,2,4-5,8-10,12-14,16H2,1H3;2,6-7,11,16,29-30H,1,3-5,8-10,12-15,17H2;4,6-7,9,12,22-23H,2-3,5,8,10-11H2,1H3;2H/b3-2+,27-17+;6-3+,11-7+,27-18-;6-2+,11-7+,27-18?;6-4+,9-7+,21-13-;/t;17-;;;/m.1.../s1. The van der Waals surface area contributed by atoms with Crippen LogP contribution in [0.5, 0.6) is 46.0 Å². The van der Waals surface area contributed by atoms with Crippen molar-refractivity contribution in [3.05, 3.63) is 174 Å². The molecule has 4 aromatic rings. The van der Waals surface area contributed by atoms with Gasteiger partial charge in [-0.1, -0.05) is 147 Å². The molecule has 33 nitrogen and oxygen atoms in total. The Kier molecular flexibility index (Phi) is 47.7. The number of methoxy groups -OCH3 is 1. The Bertz CT molecular complexity index is 4940. The second-order valence-corrected chi connectivity index (χ2v) is 32.7. The number of hydrogen-bond donors (Lipinski definition) is 9. The molecule has 3 fully saturated rings. The Hall–Kier alpha value is -11.9. The number of rotatable bonds is 12. The van der Waals surface area contributed by atoms with Gasteiger partial charge in [-0.2, -0.15) is 0 Å². The average molecular weight is 1910 g/mol. The van der Waals surface area contributed by atoms with Gasteiger partial charge in [0.05, 0.1) is 68.9 Å². The Morgan fingerprint density at radius 1 is 0.417 bits per heavy atom. The highest BCUT2D eigenvalue weighted by molar-refractivity contribution is 6.35. The molecule has 0 aliphatic carbocycles. The Balaban J connectivity index is 0.000000239. The predicted molar refractivity (Wildman–Crippen MR) is 498 cm³/mol. The molecule has 0 radical (unpaired) electrons. The highest BCUT2D eigenvalue weighted by atomic mass is 35.5. The third-order valence-corrected chi connectivity index (χ3v) is 22.9.